The van der Waals surface area contributed by atoms with Gasteiger partial charge in [0.15, 0.2) is 17.2 Å². The van der Waals surface area contributed by atoms with Crippen molar-refractivity contribution in [1.82, 2.24) is 4.31 Å². The summed E-state index contributed by atoms with van der Waals surface area (Å²) in [5, 5.41) is 3.70. The second-order valence-electron chi connectivity index (χ2n) is 13.2. The van der Waals surface area contributed by atoms with Gasteiger partial charge < -0.3 is 25.3 Å². The predicted molar refractivity (Wildman–Crippen MR) is 183 cm³/mol. The van der Waals surface area contributed by atoms with Gasteiger partial charge in [0.25, 0.3) is 0 Å². The quantitative estimate of drug-likeness (QED) is 0.175. The summed E-state index contributed by atoms with van der Waals surface area (Å²) < 4.78 is 44.4. The number of halogens is 1. The first-order valence-electron chi connectivity index (χ1n) is 15.0. The Morgan fingerprint density at radius 2 is 1.65 bits per heavy atom. The smallest absolute Gasteiger partial charge is 0.352 e. The number of carbonyl (C=O) groups excluding carboxylic acids is 2. The van der Waals surface area contributed by atoms with E-state index in [0.29, 0.717) is 42.1 Å². The number of carbonyl (C=O) groups is 2. The molecule has 4 rings (SSSR count). The molecule has 1 fully saturated rings. The van der Waals surface area contributed by atoms with Crippen LogP contribution in [-0.2, 0) is 30.0 Å². The number of esters is 2. The number of nitrogens with one attached hydrogen (secondary N) is 1. The molecule has 0 saturated carbocycles. The van der Waals surface area contributed by atoms with Crippen molar-refractivity contribution in [2.75, 3.05) is 30.7 Å². The number of rotatable bonds is 10. The van der Waals surface area contributed by atoms with Crippen LogP contribution in [0.5, 0.6) is 5.75 Å². The standard InChI is InChI=1S/C33H42ClN3O7S2/c1-32(2,3)43-26(38)19-42-28-27(34)29(45-30(28)31(39)44-33(4,5)6)22-10-8-12-25(18-22)36-24-13-15-37(16-14-24)46(40,41)20-21-9-7-11-23(35)17-21/h7-12,17-18,24,36H,13-16,19-20,35H2,1-6H3. The highest BCUT2D eigenvalue weighted by molar-refractivity contribution is 7.88. The number of thiophene rings is 1. The van der Waals surface area contributed by atoms with Crippen molar-refractivity contribution in [3.8, 4) is 16.2 Å². The zero-order valence-electron chi connectivity index (χ0n) is 27.0. The molecule has 250 valence electrons. The first-order valence-corrected chi connectivity index (χ1v) is 17.8. The van der Waals surface area contributed by atoms with E-state index < -0.39 is 39.8 Å². The van der Waals surface area contributed by atoms with Crippen LogP contribution in [-0.4, -0.2) is 61.6 Å². The molecule has 10 nitrogen and oxygen atoms in total. The van der Waals surface area contributed by atoms with E-state index in [4.69, 9.17) is 31.5 Å². The summed E-state index contributed by atoms with van der Waals surface area (Å²) >= 11 is 7.92. The number of piperidine rings is 1. The fourth-order valence-electron chi connectivity index (χ4n) is 4.92. The highest BCUT2D eigenvalue weighted by atomic mass is 35.5. The van der Waals surface area contributed by atoms with Gasteiger partial charge in [0.1, 0.15) is 16.2 Å². The molecule has 3 N–H and O–H groups in total. The number of anilines is 2. The normalized spacial score (nSPS) is 14.9. The fraction of sp³-hybridized carbons (Fsp3) is 0.455. The summed E-state index contributed by atoms with van der Waals surface area (Å²) in [7, 11) is -3.48. The number of nitrogens with two attached hydrogens (primary N) is 1. The van der Waals surface area contributed by atoms with E-state index in [9.17, 15) is 18.0 Å². The molecule has 1 aromatic heterocycles. The van der Waals surface area contributed by atoms with E-state index in [1.165, 1.54) is 4.31 Å². The highest BCUT2D eigenvalue weighted by Crippen LogP contribution is 2.46. The van der Waals surface area contributed by atoms with Crippen molar-refractivity contribution in [1.29, 1.82) is 0 Å². The summed E-state index contributed by atoms with van der Waals surface area (Å²) in [6.45, 7) is 10.9. The molecule has 0 spiro atoms. The highest BCUT2D eigenvalue weighted by Gasteiger charge is 2.31. The lowest BCUT2D eigenvalue weighted by Gasteiger charge is -2.32. The average molecular weight is 692 g/mol. The first-order chi connectivity index (χ1) is 21.4. The van der Waals surface area contributed by atoms with Gasteiger partial charge in [-0.15, -0.1) is 11.3 Å². The summed E-state index contributed by atoms with van der Waals surface area (Å²) in [4.78, 5) is 26.3. The van der Waals surface area contributed by atoms with Crippen LogP contribution in [0.2, 0.25) is 5.02 Å². The second-order valence-corrected chi connectivity index (χ2v) is 16.5. The monoisotopic (exact) mass is 691 g/mol. The Bertz CT molecular complexity index is 1670. The Balaban J connectivity index is 1.48. The molecule has 0 unspecified atom stereocenters. The molecule has 0 amide bonds. The van der Waals surface area contributed by atoms with Crippen LogP contribution >= 0.6 is 22.9 Å². The van der Waals surface area contributed by atoms with Gasteiger partial charge >= 0.3 is 11.9 Å². The Kier molecular flexibility index (Phi) is 11.0. The number of benzene rings is 2. The fourth-order valence-corrected chi connectivity index (χ4v) is 7.91. The van der Waals surface area contributed by atoms with E-state index in [0.717, 1.165) is 22.6 Å². The average Bonchev–Trinajstić information content (AvgIpc) is 3.26. The van der Waals surface area contributed by atoms with Crippen molar-refractivity contribution < 1.29 is 32.2 Å². The van der Waals surface area contributed by atoms with E-state index >= 15 is 0 Å². The van der Waals surface area contributed by atoms with Gasteiger partial charge in [0.05, 0.1) is 10.6 Å². The minimum absolute atomic E-state index is 0.0536. The lowest BCUT2D eigenvalue weighted by Crippen LogP contribution is -2.42. The van der Waals surface area contributed by atoms with Gasteiger partial charge in [0.2, 0.25) is 10.0 Å². The van der Waals surface area contributed by atoms with E-state index in [2.05, 4.69) is 5.32 Å². The number of nitrogens with zero attached hydrogens (tertiary/aromatic N) is 1. The predicted octanol–water partition coefficient (Wildman–Crippen LogP) is 6.73. The maximum Gasteiger partial charge on any atom is 0.352 e. The molecule has 2 heterocycles. The van der Waals surface area contributed by atoms with Crippen molar-refractivity contribution in [3.05, 3.63) is 64.0 Å². The van der Waals surface area contributed by atoms with E-state index in [1.807, 2.05) is 24.3 Å². The summed E-state index contributed by atoms with van der Waals surface area (Å²) in [5.74, 6) is -1.24. The molecule has 0 aliphatic carbocycles. The van der Waals surface area contributed by atoms with E-state index in [-0.39, 0.29) is 27.4 Å². The molecule has 3 aromatic rings. The number of hydrogen-bond donors (Lipinski definition) is 2. The van der Waals surface area contributed by atoms with Crippen LogP contribution in [0.4, 0.5) is 11.4 Å². The maximum atomic E-state index is 13.2. The molecular weight excluding hydrogens is 650 g/mol. The first kappa shape index (κ1) is 35.5. The van der Waals surface area contributed by atoms with Crippen LogP contribution in [0.15, 0.2) is 48.5 Å². The molecule has 46 heavy (non-hydrogen) atoms. The van der Waals surface area contributed by atoms with Crippen LogP contribution in [0.25, 0.3) is 10.4 Å². The number of ether oxygens (including phenoxy) is 3. The Labute approximate surface area is 280 Å². The lowest BCUT2D eigenvalue weighted by molar-refractivity contribution is -0.157. The van der Waals surface area contributed by atoms with E-state index in [1.54, 1.807) is 65.8 Å². The topological polar surface area (TPSA) is 137 Å². The summed E-state index contributed by atoms with van der Waals surface area (Å²) in [5.41, 5.74) is 7.11. The molecule has 0 radical (unpaired) electrons. The summed E-state index contributed by atoms with van der Waals surface area (Å²) in [6.07, 6.45) is 1.26. The number of hydrogen-bond acceptors (Lipinski definition) is 10. The molecule has 0 atom stereocenters. The number of sulfonamides is 1. The van der Waals surface area contributed by atoms with Gasteiger partial charge in [-0.25, -0.2) is 22.3 Å². The Hall–Kier alpha value is -3.32. The Morgan fingerprint density at radius 3 is 2.28 bits per heavy atom. The molecule has 2 aromatic carbocycles. The Morgan fingerprint density at radius 1 is 1.00 bits per heavy atom. The van der Waals surface area contributed by atoms with Crippen molar-refractivity contribution in [2.24, 2.45) is 0 Å². The second kappa shape index (κ2) is 14.2. The van der Waals surface area contributed by atoms with Crippen molar-refractivity contribution in [3.63, 3.8) is 0 Å². The van der Waals surface area contributed by atoms with Crippen LogP contribution in [0.1, 0.15) is 69.6 Å². The van der Waals surface area contributed by atoms with Gasteiger partial charge in [-0.1, -0.05) is 35.9 Å². The largest absolute Gasteiger partial charge is 0.479 e. The third-order valence-corrected chi connectivity index (χ3v) is 10.3. The van der Waals surface area contributed by atoms with Crippen molar-refractivity contribution in [2.45, 2.75) is 77.4 Å². The van der Waals surface area contributed by atoms with Crippen LogP contribution in [0, 0.1) is 0 Å². The van der Waals surface area contributed by atoms with Gasteiger partial charge in [-0.2, -0.15) is 0 Å². The minimum Gasteiger partial charge on any atom is -0.479 e. The van der Waals surface area contributed by atoms with Crippen LogP contribution < -0.4 is 15.8 Å². The third kappa shape index (κ3) is 9.84. The molecule has 13 heteroatoms. The SMILES string of the molecule is CC(C)(C)OC(=O)COc1c(C(=O)OC(C)(C)C)sc(-c2cccc(NC3CCN(S(=O)(=O)Cc4cccc(N)c4)CC3)c2)c1Cl. The zero-order chi connectivity index (χ0) is 33.9. The molecule has 1 aliphatic heterocycles. The van der Waals surface area contributed by atoms with Gasteiger partial charge in [-0.05, 0) is 89.8 Å². The molecule has 0 bridgehead atoms. The lowest BCUT2D eigenvalue weighted by atomic mass is 10.1. The molecular formula is C33H42ClN3O7S2. The van der Waals surface area contributed by atoms with Gasteiger partial charge in [0, 0.05) is 30.5 Å². The van der Waals surface area contributed by atoms with Gasteiger partial charge in [-0.3, -0.25) is 0 Å². The van der Waals surface area contributed by atoms with Crippen molar-refractivity contribution >= 4 is 56.3 Å². The summed E-state index contributed by atoms with van der Waals surface area (Å²) in [6, 6.07) is 14.6. The van der Waals surface area contributed by atoms with Crippen LogP contribution in [0.3, 0.4) is 0 Å². The molecule has 1 aliphatic rings. The maximum absolute atomic E-state index is 13.2. The third-order valence-electron chi connectivity index (χ3n) is 6.79. The zero-order valence-corrected chi connectivity index (χ0v) is 29.4. The number of nitrogen functional groups attached to an aromatic ring is 1. The molecule has 1 saturated heterocycles. The minimum atomic E-state index is -3.48.